The van der Waals surface area contributed by atoms with Gasteiger partial charge in [-0.25, -0.2) is 0 Å². The van der Waals surface area contributed by atoms with Crippen molar-refractivity contribution in [2.75, 3.05) is 13.1 Å². The first-order valence-corrected chi connectivity index (χ1v) is 8.14. The second kappa shape index (κ2) is 4.26. The fourth-order valence-electron chi connectivity index (χ4n) is 6.03. The van der Waals surface area contributed by atoms with Crippen LogP contribution >= 0.6 is 0 Å². The van der Waals surface area contributed by atoms with Gasteiger partial charge in [0.1, 0.15) is 0 Å². The van der Waals surface area contributed by atoms with Crippen molar-refractivity contribution in [3.8, 4) is 0 Å². The summed E-state index contributed by atoms with van der Waals surface area (Å²) in [6, 6.07) is 0. The van der Waals surface area contributed by atoms with Crippen LogP contribution in [0, 0.1) is 35.5 Å². The Kier molecular flexibility index (Phi) is 2.72. The third-order valence-corrected chi connectivity index (χ3v) is 6.75. The lowest BCUT2D eigenvalue weighted by atomic mass is 9.54. The van der Waals surface area contributed by atoms with Crippen LogP contribution in [-0.4, -0.2) is 13.1 Å². The molecule has 0 aromatic heterocycles. The zero-order valence-corrected chi connectivity index (χ0v) is 11.0. The molecular weight excluding hydrogens is 206 g/mol. The first kappa shape index (κ1) is 10.8. The van der Waals surface area contributed by atoms with Crippen LogP contribution < -0.4 is 5.32 Å². The van der Waals surface area contributed by atoms with E-state index in [-0.39, 0.29) is 0 Å². The lowest BCUT2D eigenvalue weighted by Crippen LogP contribution is -2.44. The Balaban J connectivity index is 1.56. The molecule has 1 aliphatic heterocycles. The lowest BCUT2D eigenvalue weighted by molar-refractivity contribution is -0.0132. The van der Waals surface area contributed by atoms with Gasteiger partial charge in [-0.3, -0.25) is 0 Å². The van der Waals surface area contributed by atoms with E-state index in [2.05, 4.69) is 5.32 Å². The summed E-state index contributed by atoms with van der Waals surface area (Å²) in [5.74, 6) is 6.64. The summed E-state index contributed by atoms with van der Waals surface area (Å²) >= 11 is 0. The summed E-state index contributed by atoms with van der Waals surface area (Å²) in [7, 11) is 0. The number of rotatable bonds is 0. The van der Waals surface area contributed by atoms with E-state index in [0.717, 1.165) is 35.5 Å². The minimum Gasteiger partial charge on any atom is -0.316 e. The maximum Gasteiger partial charge on any atom is -0.00145 e. The van der Waals surface area contributed by atoms with E-state index in [1.165, 1.54) is 25.9 Å². The molecule has 4 rings (SSSR count). The van der Waals surface area contributed by atoms with Gasteiger partial charge in [0, 0.05) is 0 Å². The van der Waals surface area contributed by atoms with Gasteiger partial charge < -0.3 is 5.32 Å². The minimum absolute atomic E-state index is 1.05. The average Bonchev–Trinajstić information content (AvgIpc) is 2.86. The SMILES string of the molecule is C1CC[C@H]2C(C1)CC[C@H]1[C@@H]3CNC[C@H]3CC[C@@H]12. The van der Waals surface area contributed by atoms with Gasteiger partial charge >= 0.3 is 0 Å². The zero-order valence-electron chi connectivity index (χ0n) is 11.0. The Morgan fingerprint density at radius 1 is 0.529 bits per heavy atom. The summed E-state index contributed by atoms with van der Waals surface area (Å²) in [5, 5.41) is 3.67. The Morgan fingerprint density at radius 3 is 2.24 bits per heavy atom. The predicted octanol–water partition coefficient (Wildman–Crippen LogP) is 3.45. The molecule has 1 nitrogen and oxygen atoms in total. The van der Waals surface area contributed by atoms with Crippen molar-refractivity contribution in [1.82, 2.24) is 5.32 Å². The molecule has 96 valence electrons. The molecule has 3 saturated carbocycles. The summed E-state index contributed by atoms with van der Waals surface area (Å²) in [6.45, 7) is 2.69. The van der Waals surface area contributed by atoms with E-state index >= 15 is 0 Å². The Labute approximate surface area is 106 Å². The standard InChI is InChI=1S/C16H27N/c1-2-4-13-11(3-1)5-7-15-14(13)8-6-12-9-17-10-16(12)15/h11-17H,1-10H2/t11?,12-,13+,14-,15-,16-/m1/s1. The van der Waals surface area contributed by atoms with Gasteiger partial charge in [0.05, 0.1) is 0 Å². The van der Waals surface area contributed by atoms with Gasteiger partial charge in [0.15, 0.2) is 0 Å². The summed E-state index contributed by atoms with van der Waals surface area (Å²) in [4.78, 5) is 0. The highest BCUT2D eigenvalue weighted by molar-refractivity contribution is 4.99. The lowest BCUT2D eigenvalue weighted by Gasteiger charge is -2.51. The highest BCUT2D eigenvalue weighted by Gasteiger charge is 2.48. The van der Waals surface area contributed by atoms with Crippen LogP contribution in [0.2, 0.25) is 0 Å². The molecule has 0 amide bonds. The van der Waals surface area contributed by atoms with Crippen LogP contribution in [0.3, 0.4) is 0 Å². The fraction of sp³-hybridized carbons (Fsp3) is 1.00. The van der Waals surface area contributed by atoms with Gasteiger partial charge in [0.25, 0.3) is 0 Å². The third kappa shape index (κ3) is 1.69. The van der Waals surface area contributed by atoms with E-state index in [1.807, 2.05) is 0 Å². The van der Waals surface area contributed by atoms with Crippen LogP contribution in [0.15, 0.2) is 0 Å². The maximum atomic E-state index is 3.67. The Morgan fingerprint density at radius 2 is 1.29 bits per heavy atom. The molecule has 17 heavy (non-hydrogen) atoms. The van der Waals surface area contributed by atoms with Crippen molar-refractivity contribution >= 4 is 0 Å². The summed E-state index contributed by atoms with van der Waals surface area (Å²) in [6.07, 6.45) is 12.5. The van der Waals surface area contributed by atoms with Crippen LogP contribution in [0.25, 0.3) is 0 Å². The molecule has 1 N–H and O–H groups in total. The van der Waals surface area contributed by atoms with Gasteiger partial charge in [-0.05, 0) is 80.7 Å². The molecule has 0 aromatic carbocycles. The number of nitrogens with one attached hydrogen (secondary N) is 1. The molecule has 4 aliphatic rings. The van der Waals surface area contributed by atoms with Crippen LogP contribution in [0.5, 0.6) is 0 Å². The zero-order chi connectivity index (χ0) is 11.2. The Bertz CT molecular complexity index is 287. The average molecular weight is 233 g/mol. The van der Waals surface area contributed by atoms with E-state index in [1.54, 1.807) is 38.5 Å². The maximum absolute atomic E-state index is 3.67. The number of fused-ring (bicyclic) bond motifs is 5. The molecule has 6 atom stereocenters. The molecule has 1 unspecified atom stereocenters. The van der Waals surface area contributed by atoms with Crippen molar-refractivity contribution in [2.24, 2.45) is 35.5 Å². The molecule has 0 spiro atoms. The third-order valence-electron chi connectivity index (χ3n) is 6.75. The van der Waals surface area contributed by atoms with Crippen LogP contribution in [0.1, 0.15) is 51.4 Å². The topological polar surface area (TPSA) is 12.0 Å². The Hall–Kier alpha value is -0.0400. The molecule has 0 radical (unpaired) electrons. The second-order valence-corrected chi connectivity index (χ2v) is 7.27. The van der Waals surface area contributed by atoms with Crippen molar-refractivity contribution in [3.63, 3.8) is 0 Å². The van der Waals surface area contributed by atoms with Gasteiger partial charge in [-0.15, -0.1) is 0 Å². The smallest absolute Gasteiger partial charge is 0.00145 e. The monoisotopic (exact) mass is 233 g/mol. The normalized spacial score (nSPS) is 53.6. The van der Waals surface area contributed by atoms with Gasteiger partial charge in [-0.2, -0.15) is 0 Å². The second-order valence-electron chi connectivity index (χ2n) is 7.27. The van der Waals surface area contributed by atoms with E-state index in [4.69, 9.17) is 0 Å². The predicted molar refractivity (Wildman–Crippen MR) is 70.7 cm³/mol. The van der Waals surface area contributed by atoms with Crippen LogP contribution in [0.4, 0.5) is 0 Å². The van der Waals surface area contributed by atoms with Crippen LogP contribution in [-0.2, 0) is 0 Å². The van der Waals surface area contributed by atoms with Crippen molar-refractivity contribution < 1.29 is 0 Å². The van der Waals surface area contributed by atoms with E-state index < -0.39 is 0 Å². The van der Waals surface area contributed by atoms with E-state index in [0.29, 0.717) is 0 Å². The summed E-state index contributed by atoms with van der Waals surface area (Å²) in [5.41, 5.74) is 0. The molecule has 1 saturated heterocycles. The first-order chi connectivity index (χ1) is 8.43. The van der Waals surface area contributed by atoms with Crippen molar-refractivity contribution in [1.29, 1.82) is 0 Å². The minimum atomic E-state index is 1.05. The number of hydrogen-bond acceptors (Lipinski definition) is 1. The first-order valence-electron chi connectivity index (χ1n) is 8.14. The molecule has 0 aromatic rings. The highest BCUT2D eigenvalue weighted by Crippen LogP contribution is 2.54. The molecule has 1 heteroatoms. The highest BCUT2D eigenvalue weighted by atomic mass is 14.9. The molecule has 3 aliphatic carbocycles. The summed E-state index contributed by atoms with van der Waals surface area (Å²) < 4.78 is 0. The molecule has 1 heterocycles. The molecule has 4 fully saturated rings. The molecular formula is C16H27N. The fourth-order valence-corrected chi connectivity index (χ4v) is 6.03. The number of hydrogen-bond donors (Lipinski definition) is 1. The quantitative estimate of drug-likeness (QED) is 0.676. The van der Waals surface area contributed by atoms with E-state index in [9.17, 15) is 0 Å². The van der Waals surface area contributed by atoms with Crippen molar-refractivity contribution in [2.45, 2.75) is 51.4 Å². The van der Waals surface area contributed by atoms with Crippen molar-refractivity contribution in [3.05, 3.63) is 0 Å². The largest absolute Gasteiger partial charge is 0.316 e. The van der Waals surface area contributed by atoms with Gasteiger partial charge in [0.2, 0.25) is 0 Å². The van der Waals surface area contributed by atoms with Gasteiger partial charge in [-0.1, -0.05) is 19.3 Å². The molecule has 0 bridgehead atoms.